The van der Waals surface area contributed by atoms with Crippen LogP contribution in [0.15, 0.2) is 24.3 Å². The quantitative estimate of drug-likeness (QED) is 0.808. The number of carbonyl (C=O) groups excluding carboxylic acids is 1. The van der Waals surface area contributed by atoms with Crippen molar-refractivity contribution in [1.82, 2.24) is 4.90 Å². The van der Waals surface area contributed by atoms with Crippen LogP contribution < -0.4 is 10.6 Å². The van der Waals surface area contributed by atoms with Crippen LogP contribution in [0.2, 0.25) is 0 Å². The number of hydrogen-bond donors (Lipinski definition) is 2. The number of benzene rings is 1. The van der Waals surface area contributed by atoms with E-state index in [1.807, 2.05) is 24.3 Å². The van der Waals surface area contributed by atoms with Crippen LogP contribution in [0.5, 0.6) is 0 Å². The predicted octanol–water partition coefficient (Wildman–Crippen LogP) is 2.01. The van der Waals surface area contributed by atoms with Crippen LogP contribution >= 0.6 is 0 Å². The molecule has 0 radical (unpaired) electrons. The van der Waals surface area contributed by atoms with Crippen LogP contribution in [0.1, 0.15) is 12.8 Å². The lowest BCUT2D eigenvalue weighted by Crippen LogP contribution is -2.20. The maximum absolute atomic E-state index is 11.6. The van der Waals surface area contributed by atoms with Crippen LogP contribution in [-0.4, -0.2) is 38.0 Å². The van der Waals surface area contributed by atoms with Gasteiger partial charge in [0.15, 0.2) is 0 Å². The van der Waals surface area contributed by atoms with Gasteiger partial charge in [-0.15, -0.1) is 0 Å². The van der Waals surface area contributed by atoms with Crippen molar-refractivity contribution in [2.45, 2.75) is 12.8 Å². The first-order chi connectivity index (χ1) is 8.65. The Balaban J connectivity index is 1.79. The summed E-state index contributed by atoms with van der Waals surface area (Å²) in [6.45, 7) is 1.92. The van der Waals surface area contributed by atoms with E-state index in [1.165, 1.54) is 0 Å². The molecule has 1 aliphatic carbocycles. The van der Waals surface area contributed by atoms with Crippen molar-refractivity contribution < 1.29 is 4.79 Å². The highest BCUT2D eigenvalue weighted by Crippen LogP contribution is 2.30. The molecule has 1 saturated carbocycles. The monoisotopic (exact) mass is 247 g/mol. The first kappa shape index (κ1) is 12.9. The van der Waals surface area contributed by atoms with E-state index in [0.29, 0.717) is 0 Å². The number of likely N-dealkylation sites (N-methyl/N-ethyl adjacent to an activating group) is 1. The van der Waals surface area contributed by atoms with Gasteiger partial charge in [-0.2, -0.15) is 0 Å². The molecule has 0 atom stereocenters. The molecule has 1 aromatic carbocycles. The van der Waals surface area contributed by atoms with Gasteiger partial charge in [-0.3, -0.25) is 4.79 Å². The van der Waals surface area contributed by atoms with E-state index in [2.05, 4.69) is 29.6 Å². The van der Waals surface area contributed by atoms with Gasteiger partial charge in [-0.1, -0.05) is 0 Å². The minimum absolute atomic E-state index is 0.156. The van der Waals surface area contributed by atoms with E-state index in [4.69, 9.17) is 0 Å². The zero-order valence-corrected chi connectivity index (χ0v) is 11.1. The Hall–Kier alpha value is -1.55. The Kier molecular flexibility index (Phi) is 4.20. The average molecular weight is 247 g/mol. The van der Waals surface area contributed by atoms with Crippen molar-refractivity contribution in [3.05, 3.63) is 24.3 Å². The lowest BCUT2D eigenvalue weighted by Gasteiger charge is -2.12. The minimum atomic E-state index is 0.156. The molecule has 18 heavy (non-hydrogen) atoms. The summed E-state index contributed by atoms with van der Waals surface area (Å²) in [7, 11) is 4.11. The van der Waals surface area contributed by atoms with E-state index < -0.39 is 0 Å². The molecule has 4 nitrogen and oxygen atoms in total. The zero-order chi connectivity index (χ0) is 13.0. The van der Waals surface area contributed by atoms with Gasteiger partial charge in [-0.25, -0.2) is 0 Å². The summed E-state index contributed by atoms with van der Waals surface area (Å²) in [5.41, 5.74) is 1.96. The Morgan fingerprint density at radius 1 is 1.22 bits per heavy atom. The summed E-state index contributed by atoms with van der Waals surface area (Å²) in [6.07, 6.45) is 2.08. The van der Waals surface area contributed by atoms with Gasteiger partial charge in [0, 0.05) is 30.4 Å². The van der Waals surface area contributed by atoms with Crippen molar-refractivity contribution in [1.29, 1.82) is 0 Å². The SMILES string of the molecule is CN(C)CCNc1ccc(NC(=O)C2CC2)cc1. The number of nitrogens with one attached hydrogen (secondary N) is 2. The highest BCUT2D eigenvalue weighted by atomic mass is 16.2. The molecule has 2 rings (SSSR count). The molecular formula is C14H21N3O. The van der Waals surface area contributed by atoms with E-state index in [9.17, 15) is 4.79 Å². The fraction of sp³-hybridized carbons (Fsp3) is 0.500. The molecule has 1 fully saturated rings. The van der Waals surface area contributed by atoms with Crippen molar-refractivity contribution >= 4 is 17.3 Å². The van der Waals surface area contributed by atoms with E-state index in [0.717, 1.165) is 37.3 Å². The normalized spacial score (nSPS) is 14.6. The number of carbonyl (C=O) groups is 1. The zero-order valence-electron chi connectivity index (χ0n) is 11.1. The average Bonchev–Trinajstić information content (AvgIpc) is 3.15. The fourth-order valence-corrected chi connectivity index (χ4v) is 1.69. The summed E-state index contributed by atoms with van der Waals surface area (Å²) >= 11 is 0. The largest absolute Gasteiger partial charge is 0.384 e. The molecule has 0 aliphatic heterocycles. The Bertz CT molecular complexity index is 396. The lowest BCUT2D eigenvalue weighted by atomic mass is 10.2. The maximum Gasteiger partial charge on any atom is 0.227 e. The highest BCUT2D eigenvalue weighted by molar-refractivity contribution is 5.94. The molecule has 0 spiro atoms. The topological polar surface area (TPSA) is 44.4 Å². The van der Waals surface area contributed by atoms with Gasteiger partial charge in [0.1, 0.15) is 0 Å². The van der Waals surface area contributed by atoms with Gasteiger partial charge in [0.05, 0.1) is 0 Å². The molecule has 0 saturated heterocycles. The van der Waals surface area contributed by atoms with Gasteiger partial charge in [-0.05, 0) is 51.2 Å². The highest BCUT2D eigenvalue weighted by Gasteiger charge is 2.29. The third-order valence-electron chi connectivity index (χ3n) is 2.99. The second kappa shape index (κ2) is 5.87. The molecule has 2 N–H and O–H groups in total. The maximum atomic E-state index is 11.6. The molecule has 98 valence electrons. The molecule has 1 aliphatic rings. The van der Waals surface area contributed by atoms with E-state index in [1.54, 1.807) is 0 Å². The van der Waals surface area contributed by atoms with Gasteiger partial charge < -0.3 is 15.5 Å². The Labute approximate surface area is 108 Å². The van der Waals surface area contributed by atoms with E-state index in [-0.39, 0.29) is 11.8 Å². The van der Waals surface area contributed by atoms with Crippen LogP contribution in [0, 0.1) is 5.92 Å². The summed E-state index contributed by atoms with van der Waals surface area (Å²) in [4.78, 5) is 13.7. The minimum Gasteiger partial charge on any atom is -0.384 e. The van der Waals surface area contributed by atoms with Crippen LogP contribution in [-0.2, 0) is 4.79 Å². The van der Waals surface area contributed by atoms with Crippen LogP contribution in [0.3, 0.4) is 0 Å². The summed E-state index contributed by atoms with van der Waals surface area (Å²) in [6, 6.07) is 7.88. The number of anilines is 2. The molecule has 0 heterocycles. The van der Waals surface area contributed by atoms with Crippen LogP contribution in [0.4, 0.5) is 11.4 Å². The Morgan fingerprint density at radius 2 is 1.83 bits per heavy atom. The Morgan fingerprint density at radius 3 is 2.39 bits per heavy atom. The fourth-order valence-electron chi connectivity index (χ4n) is 1.69. The third-order valence-corrected chi connectivity index (χ3v) is 2.99. The molecule has 0 bridgehead atoms. The third kappa shape index (κ3) is 4.04. The first-order valence-electron chi connectivity index (χ1n) is 6.44. The van der Waals surface area contributed by atoms with Crippen molar-refractivity contribution in [3.63, 3.8) is 0 Å². The number of amides is 1. The van der Waals surface area contributed by atoms with Crippen molar-refractivity contribution in [2.24, 2.45) is 5.92 Å². The molecule has 1 aromatic rings. The second-order valence-electron chi connectivity index (χ2n) is 5.07. The molecule has 0 aromatic heterocycles. The van der Waals surface area contributed by atoms with Crippen molar-refractivity contribution in [3.8, 4) is 0 Å². The summed E-state index contributed by atoms with van der Waals surface area (Å²) in [5, 5.41) is 6.27. The summed E-state index contributed by atoms with van der Waals surface area (Å²) < 4.78 is 0. The second-order valence-corrected chi connectivity index (χ2v) is 5.07. The summed E-state index contributed by atoms with van der Waals surface area (Å²) in [5.74, 6) is 0.409. The number of rotatable bonds is 6. The van der Waals surface area contributed by atoms with Crippen LogP contribution in [0.25, 0.3) is 0 Å². The molecule has 0 unspecified atom stereocenters. The number of nitrogens with zero attached hydrogens (tertiary/aromatic N) is 1. The van der Waals surface area contributed by atoms with Gasteiger partial charge in [0.2, 0.25) is 5.91 Å². The van der Waals surface area contributed by atoms with Gasteiger partial charge in [0.25, 0.3) is 0 Å². The standard InChI is InChI=1S/C14H21N3O/c1-17(2)10-9-15-12-5-7-13(8-6-12)16-14(18)11-3-4-11/h5-8,11,15H,3-4,9-10H2,1-2H3,(H,16,18). The number of hydrogen-bond acceptors (Lipinski definition) is 3. The van der Waals surface area contributed by atoms with E-state index >= 15 is 0 Å². The first-order valence-corrected chi connectivity index (χ1v) is 6.44. The molecule has 4 heteroatoms. The van der Waals surface area contributed by atoms with Crippen molar-refractivity contribution in [2.75, 3.05) is 37.8 Å². The molecular weight excluding hydrogens is 226 g/mol. The smallest absolute Gasteiger partial charge is 0.227 e. The molecule has 1 amide bonds. The van der Waals surface area contributed by atoms with Gasteiger partial charge >= 0.3 is 0 Å². The predicted molar refractivity (Wildman–Crippen MR) is 74.8 cm³/mol. The lowest BCUT2D eigenvalue weighted by molar-refractivity contribution is -0.117.